The van der Waals surface area contributed by atoms with E-state index in [9.17, 15) is 15.0 Å². The first-order chi connectivity index (χ1) is 19.2. The Kier molecular flexibility index (Phi) is 14.5. The second-order valence-electron chi connectivity index (χ2n) is 13.0. The van der Waals surface area contributed by atoms with E-state index in [-0.39, 0.29) is 41.9 Å². The van der Waals surface area contributed by atoms with Crippen molar-refractivity contribution in [2.24, 2.45) is 23.2 Å². The van der Waals surface area contributed by atoms with Gasteiger partial charge in [-0.3, -0.25) is 4.79 Å². The quantitative estimate of drug-likeness (QED) is 0.108. The maximum Gasteiger partial charge on any atom is 0.306 e. The number of hydrogen-bond donors (Lipinski definition) is 2. The number of rotatable bonds is 17. The van der Waals surface area contributed by atoms with Gasteiger partial charge in [-0.1, -0.05) is 26.0 Å². The minimum Gasteiger partial charge on any atom is -0.481 e. The van der Waals surface area contributed by atoms with Crippen LogP contribution in [0.3, 0.4) is 0 Å². The van der Waals surface area contributed by atoms with Gasteiger partial charge < -0.3 is 29.2 Å². The summed E-state index contributed by atoms with van der Waals surface area (Å²) in [6.07, 6.45) is 19.8. The van der Waals surface area contributed by atoms with Crippen molar-refractivity contribution in [1.29, 1.82) is 0 Å². The molecule has 230 valence electrons. The summed E-state index contributed by atoms with van der Waals surface area (Å²) in [7, 11) is 0. The standard InChI is InChI=1S/C33H56O7/c1-25(34)17-19-33(2,3)20-18-29(40-31-14-8-11-23-39-31)27-16-15-26(24-27)28(32(35)36)12-6-4-5-9-21-37-30-13-7-10-22-38-30/h4-5,18,25-28,30-31,34H,6-17,19-24H2,1-3H3,(H,35,36)/b5-4?,29-18+/t25?,26-,27-,28+,30?,31?/m1/s1. The lowest BCUT2D eigenvalue weighted by molar-refractivity contribution is -0.161. The summed E-state index contributed by atoms with van der Waals surface area (Å²) in [5.41, 5.74) is 0.0570. The van der Waals surface area contributed by atoms with E-state index in [1.807, 2.05) is 6.92 Å². The molecule has 0 spiro atoms. The Morgan fingerprint density at radius 2 is 1.68 bits per heavy atom. The van der Waals surface area contributed by atoms with Crippen molar-refractivity contribution >= 4 is 5.97 Å². The molecule has 7 nitrogen and oxygen atoms in total. The van der Waals surface area contributed by atoms with Crippen LogP contribution < -0.4 is 0 Å². The largest absolute Gasteiger partial charge is 0.481 e. The number of allylic oxidation sites excluding steroid dienone is 3. The highest BCUT2D eigenvalue weighted by Crippen LogP contribution is 2.43. The van der Waals surface area contributed by atoms with Gasteiger partial charge in [-0.05, 0) is 114 Å². The molecule has 3 fully saturated rings. The first kappa shape index (κ1) is 33.1. The van der Waals surface area contributed by atoms with Gasteiger partial charge in [0, 0.05) is 18.9 Å². The topological polar surface area (TPSA) is 94.5 Å². The van der Waals surface area contributed by atoms with Crippen molar-refractivity contribution in [3.05, 3.63) is 24.0 Å². The van der Waals surface area contributed by atoms with E-state index in [4.69, 9.17) is 18.9 Å². The lowest BCUT2D eigenvalue weighted by Crippen LogP contribution is -2.25. The molecule has 3 unspecified atom stereocenters. The van der Waals surface area contributed by atoms with Crippen LogP contribution in [0.1, 0.15) is 117 Å². The molecule has 0 aromatic rings. The number of aliphatic carboxylic acids is 1. The van der Waals surface area contributed by atoms with Crippen molar-refractivity contribution in [2.45, 2.75) is 136 Å². The zero-order valence-corrected chi connectivity index (χ0v) is 25.4. The average Bonchev–Trinajstić information content (AvgIpc) is 3.42. The third-order valence-electron chi connectivity index (χ3n) is 8.80. The van der Waals surface area contributed by atoms with E-state index >= 15 is 0 Å². The molecule has 0 bridgehead atoms. The van der Waals surface area contributed by atoms with E-state index in [1.54, 1.807) is 0 Å². The van der Waals surface area contributed by atoms with Gasteiger partial charge in [0.2, 0.25) is 0 Å². The second-order valence-corrected chi connectivity index (χ2v) is 13.0. The third-order valence-corrected chi connectivity index (χ3v) is 8.80. The van der Waals surface area contributed by atoms with Crippen LogP contribution >= 0.6 is 0 Å². The van der Waals surface area contributed by atoms with E-state index < -0.39 is 5.97 Å². The summed E-state index contributed by atoms with van der Waals surface area (Å²) >= 11 is 0. The van der Waals surface area contributed by atoms with Crippen LogP contribution in [-0.2, 0) is 23.7 Å². The van der Waals surface area contributed by atoms with Crippen LogP contribution in [0.15, 0.2) is 24.0 Å². The summed E-state index contributed by atoms with van der Waals surface area (Å²) < 4.78 is 23.8. The van der Waals surface area contributed by atoms with Crippen molar-refractivity contribution in [1.82, 2.24) is 0 Å². The van der Waals surface area contributed by atoms with E-state index in [2.05, 4.69) is 32.1 Å². The summed E-state index contributed by atoms with van der Waals surface area (Å²) in [5.74, 6) is 0.365. The molecule has 1 saturated carbocycles. The molecule has 2 saturated heterocycles. The Balaban J connectivity index is 1.51. The molecule has 40 heavy (non-hydrogen) atoms. The Morgan fingerprint density at radius 3 is 2.33 bits per heavy atom. The van der Waals surface area contributed by atoms with Crippen molar-refractivity contribution < 1.29 is 34.0 Å². The van der Waals surface area contributed by atoms with Crippen molar-refractivity contribution in [2.75, 3.05) is 19.8 Å². The minimum absolute atomic E-state index is 0.0570. The molecule has 3 aliphatic rings. The molecule has 2 heterocycles. The van der Waals surface area contributed by atoms with Gasteiger partial charge in [0.15, 0.2) is 12.6 Å². The number of aliphatic hydroxyl groups excluding tert-OH is 1. The number of ether oxygens (including phenoxy) is 4. The number of aliphatic hydroxyl groups is 1. The summed E-state index contributed by atoms with van der Waals surface area (Å²) in [6.45, 7) is 8.49. The Hall–Kier alpha value is -1.41. The van der Waals surface area contributed by atoms with Gasteiger partial charge >= 0.3 is 5.97 Å². The molecule has 0 aromatic heterocycles. The normalized spacial score (nSPS) is 28.1. The van der Waals surface area contributed by atoms with Gasteiger partial charge in [0.25, 0.3) is 0 Å². The van der Waals surface area contributed by atoms with Crippen LogP contribution in [0.2, 0.25) is 0 Å². The molecular weight excluding hydrogens is 508 g/mol. The molecule has 0 amide bonds. The van der Waals surface area contributed by atoms with Gasteiger partial charge in [0.1, 0.15) is 0 Å². The predicted molar refractivity (Wildman–Crippen MR) is 157 cm³/mol. The monoisotopic (exact) mass is 564 g/mol. The van der Waals surface area contributed by atoms with Crippen LogP contribution in [0.25, 0.3) is 0 Å². The fraction of sp³-hybridized carbons (Fsp3) is 0.848. The lowest BCUT2D eigenvalue weighted by atomic mass is 9.82. The van der Waals surface area contributed by atoms with E-state index in [0.29, 0.717) is 13.0 Å². The fourth-order valence-corrected chi connectivity index (χ4v) is 6.17. The number of carbonyl (C=O) groups is 1. The highest BCUT2D eigenvalue weighted by Gasteiger charge is 2.37. The van der Waals surface area contributed by atoms with Crippen LogP contribution in [-0.4, -0.2) is 54.7 Å². The molecule has 0 aromatic carbocycles. The second kappa shape index (κ2) is 17.5. The van der Waals surface area contributed by atoms with E-state index in [1.165, 1.54) is 6.42 Å². The summed E-state index contributed by atoms with van der Waals surface area (Å²) in [5, 5.41) is 19.8. The fourth-order valence-electron chi connectivity index (χ4n) is 6.17. The van der Waals surface area contributed by atoms with Gasteiger partial charge in [-0.15, -0.1) is 0 Å². The average molecular weight is 565 g/mol. The number of carboxylic acids is 1. The number of carboxylic acid groups (broad SMARTS) is 1. The van der Waals surface area contributed by atoms with Crippen LogP contribution in [0, 0.1) is 23.2 Å². The third kappa shape index (κ3) is 12.2. The summed E-state index contributed by atoms with van der Waals surface area (Å²) in [4.78, 5) is 12.3. The SMILES string of the molecule is CC(O)CCC(C)(C)C/C=C(/OC1CCCCO1)[C@@H]1CC[C@@H]([C@H](CCC=CCCOC2CCCCO2)C(=O)O)C1. The Labute approximate surface area is 242 Å². The molecule has 3 rings (SSSR count). The zero-order valence-electron chi connectivity index (χ0n) is 25.4. The van der Waals surface area contributed by atoms with Crippen LogP contribution in [0.4, 0.5) is 0 Å². The highest BCUT2D eigenvalue weighted by molar-refractivity contribution is 5.70. The minimum atomic E-state index is -0.682. The zero-order chi connectivity index (χ0) is 28.8. The van der Waals surface area contributed by atoms with Crippen molar-refractivity contribution in [3.63, 3.8) is 0 Å². The van der Waals surface area contributed by atoms with Gasteiger partial charge in [-0.2, -0.15) is 0 Å². The van der Waals surface area contributed by atoms with Gasteiger partial charge in [0.05, 0.1) is 31.0 Å². The smallest absolute Gasteiger partial charge is 0.306 e. The maximum absolute atomic E-state index is 12.3. The molecule has 6 atom stereocenters. The first-order valence-electron chi connectivity index (χ1n) is 16.0. The summed E-state index contributed by atoms with van der Waals surface area (Å²) in [6, 6.07) is 0. The van der Waals surface area contributed by atoms with Crippen molar-refractivity contribution in [3.8, 4) is 0 Å². The Bertz CT molecular complexity index is 778. The number of hydrogen-bond acceptors (Lipinski definition) is 6. The molecular formula is C33H56O7. The first-order valence-corrected chi connectivity index (χ1v) is 16.0. The molecule has 0 radical (unpaired) electrons. The van der Waals surface area contributed by atoms with E-state index in [0.717, 1.165) is 102 Å². The Morgan fingerprint density at radius 1 is 0.975 bits per heavy atom. The molecule has 2 aliphatic heterocycles. The lowest BCUT2D eigenvalue weighted by Gasteiger charge is -2.29. The van der Waals surface area contributed by atoms with Crippen LogP contribution in [0.5, 0.6) is 0 Å². The molecule has 1 aliphatic carbocycles. The molecule has 2 N–H and O–H groups in total. The predicted octanol–water partition coefficient (Wildman–Crippen LogP) is 7.38. The maximum atomic E-state index is 12.3. The highest BCUT2D eigenvalue weighted by atomic mass is 16.7. The van der Waals surface area contributed by atoms with Gasteiger partial charge in [-0.25, -0.2) is 0 Å². The molecule has 7 heteroatoms.